The van der Waals surface area contributed by atoms with Crippen LogP contribution in [0.5, 0.6) is 5.75 Å². The third kappa shape index (κ3) is 3.20. The minimum absolute atomic E-state index is 0.0777. The molecule has 1 aromatic carbocycles. The molecule has 1 saturated carbocycles. The molecule has 0 bridgehead atoms. The van der Waals surface area contributed by atoms with Crippen LogP contribution in [0.3, 0.4) is 0 Å². The van der Waals surface area contributed by atoms with E-state index in [-0.39, 0.29) is 11.9 Å². The fourth-order valence-electron chi connectivity index (χ4n) is 3.09. The maximum Gasteiger partial charge on any atom is 0.269 e. The Morgan fingerprint density at radius 2 is 2.23 bits per heavy atom. The molecule has 0 unspecified atom stereocenters. The van der Waals surface area contributed by atoms with Crippen LogP contribution < -0.4 is 10.1 Å². The van der Waals surface area contributed by atoms with Crippen molar-refractivity contribution in [3.05, 3.63) is 54.2 Å². The number of carbonyl (C=O) groups is 1. The molecule has 0 aliphatic heterocycles. The van der Waals surface area contributed by atoms with Gasteiger partial charge in [0.05, 0.1) is 18.8 Å². The van der Waals surface area contributed by atoms with Crippen LogP contribution in [0.2, 0.25) is 0 Å². The normalized spacial score (nSPS) is 14.8. The molecule has 2 aromatic heterocycles. The molecule has 0 spiro atoms. The number of aromatic nitrogens is 4. The van der Waals surface area contributed by atoms with E-state index in [0.29, 0.717) is 17.3 Å². The van der Waals surface area contributed by atoms with E-state index in [9.17, 15) is 4.79 Å². The fourth-order valence-corrected chi connectivity index (χ4v) is 3.09. The van der Waals surface area contributed by atoms with Gasteiger partial charge in [-0.1, -0.05) is 12.1 Å². The molecule has 1 atom stereocenters. The van der Waals surface area contributed by atoms with Crippen molar-refractivity contribution in [1.82, 2.24) is 25.1 Å². The van der Waals surface area contributed by atoms with Crippen LogP contribution in [0, 0.1) is 5.92 Å². The lowest BCUT2D eigenvalue weighted by molar-refractivity contribution is 0.0924. The van der Waals surface area contributed by atoms with Crippen LogP contribution in [-0.4, -0.2) is 32.8 Å². The molecule has 1 aliphatic carbocycles. The average Bonchev–Trinajstić information content (AvgIpc) is 3.22. The summed E-state index contributed by atoms with van der Waals surface area (Å²) in [6.07, 6.45) is 5.87. The lowest BCUT2D eigenvalue weighted by Crippen LogP contribution is -2.31. The number of methoxy groups -OCH3 is 1. The Hall–Kier alpha value is -3.09. The van der Waals surface area contributed by atoms with Gasteiger partial charge in [-0.3, -0.25) is 9.89 Å². The molecule has 4 rings (SSSR count). The first-order valence-corrected chi connectivity index (χ1v) is 8.63. The third-order valence-corrected chi connectivity index (χ3v) is 4.70. The molecule has 1 fully saturated rings. The number of rotatable bonds is 6. The Morgan fingerprint density at radius 3 is 2.92 bits per heavy atom. The first-order chi connectivity index (χ1) is 12.7. The molecular formula is C19H21N5O2. The fraction of sp³-hybridized carbons (Fsp3) is 0.316. The number of aryl methyl sites for hydroxylation is 1. The van der Waals surface area contributed by atoms with E-state index in [1.807, 2.05) is 42.1 Å². The maximum atomic E-state index is 12.7. The van der Waals surface area contributed by atoms with Gasteiger partial charge >= 0.3 is 0 Å². The number of hydrogen-bond acceptors (Lipinski definition) is 4. The van der Waals surface area contributed by atoms with E-state index in [1.54, 1.807) is 19.4 Å². The topological polar surface area (TPSA) is 84.8 Å². The molecule has 2 N–H and O–H groups in total. The summed E-state index contributed by atoms with van der Waals surface area (Å²) in [5.74, 6) is 1.90. The van der Waals surface area contributed by atoms with E-state index >= 15 is 0 Å². The Morgan fingerprint density at radius 1 is 1.38 bits per heavy atom. The number of carbonyl (C=O) groups excluding carboxylic acids is 1. The van der Waals surface area contributed by atoms with Crippen molar-refractivity contribution in [2.24, 2.45) is 13.0 Å². The smallest absolute Gasteiger partial charge is 0.269 e. The summed E-state index contributed by atoms with van der Waals surface area (Å²) in [7, 11) is 3.57. The van der Waals surface area contributed by atoms with Gasteiger partial charge in [0.15, 0.2) is 0 Å². The standard InChI is InChI=1S/C19H21N5O2/c1-24-9-8-20-18(24)17(12-6-7-12)21-19(25)16-11-15(22-23-16)13-4-3-5-14(10-13)26-2/h3-5,8-12,17H,6-7H2,1-2H3,(H,21,25)(H,22,23)/t17-/m0/s1. The van der Waals surface area contributed by atoms with Crippen LogP contribution in [0.1, 0.15) is 35.2 Å². The monoisotopic (exact) mass is 351 g/mol. The highest BCUT2D eigenvalue weighted by Crippen LogP contribution is 2.40. The highest BCUT2D eigenvalue weighted by molar-refractivity contribution is 5.93. The van der Waals surface area contributed by atoms with Gasteiger partial charge in [0.25, 0.3) is 5.91 Å². The second kappa shape index (κ2) is 6.67. The Balaban J connectivity index is 1.53. The largest absolute Gasteiger partial charge is 0.497 e. The lowest BCUT2D eigenvalue weighted by Gasteiger charge is -2.17. The van der Waals surface area contributed by atoms with Crippen molar-refractivity contribution in [3.8, 4) is 17.0 Å². The van der Waals surface area contributed by atoms with E-state index < -0.39 is 0 Å². The number of amides is 1. The minimum atomic E-state index is -0.174. The van der Waals surface area contributed by atoms with Crippen molar-refractivity contribution in [2.45, 2.75) is 18.9 Å². The van der Waals surface area contributed by atoms with Gasteiger partial charge in [-0.2, -0.15) is 5.10 Å². The van der Waals surface area contributed by atoms with Gasteiger partial charge in [0.2, 0.25) is 0 Å². The summed E-state index contributed by atoms with van der Waals surface area (Å²) in [6, 6.07) is 9.27. The van der Waals surface area contributed by atoms with Crippen LogP contribution >= 0.6 is 0 Å². The minimum Gasteiger partial charge on any atom is -0.497 e. The van der Waals surface area contributed by atoms with E-state index in [1.165, 1.54) is 0 Å². The number of aromatic amines is 1. The average molecular weight is 351 g/mol. The van der Waals surface area contributed by atoms with E-state index in [0.717, 1.165) is 30.0 Å². The Bertz CT molecular complexity index is 925. The summed E-state index contributed by atoms with van der Waals surface area (Å²) in [5.41, 5.74) is 2.03. The molecule has 1 aliphatic rings. The summed E-state index contributed by atoms with van der Waals surface area (Å²) < 4.78 is 7.20. The quantitative estimate of drug-likeness (QED) is 0.715. The SMILES string of the molecule is COc1cccc(-c2cc(C(=O)N[C@H](c3nccn3C)C3CC3)[nH]n2)c1. The van der Waals surface area contributed by atoms with Crippen molar-refractivity contribution < 1.29 is 9.53 Å². The number of hydrogen-bond donors (Lipinski definition) is 2. The maximum absolute atomic E-state index is 12.7. The molecular weight excluding hydrogens is 330 g/mol. The number of H-pyrrole nitrogens is 1. The molecule has 0 saturated heterocycles. The zero-order chi connectivity index (χ0) is 18.1. The van der Waals surface area contributed by atoms with Gasteiger partial charge in [0.1, 0.15) is 17.3 Å². The number of imidazole rings is 1. The zero-order valence-electron chi connectivity index (χ0n) is 14.8. The Labute approximate surface area is 151 Å². The zero-order valence-corrected chi connectivity index (χ0v) is 14.8. The molecule has 0 radical (unpaired) electrons. The van der Waals surface area contributed by atoms with Gasteiger partial charge in [-0.25, -0.2) is 4.98 Å². The van der Waals surface area contributed by atoms with Gasteiger partial charge in [-0.05, 0) is 37.0 Å². The van der Waals surface area contributed by atoms with Gasteiger partial charge < -0.3 is 14.6 Å². The lowest BCUT2D eigenvalue weighted by atomic mass is 10.1. The third-order valence-electron chi connectivity index (χ3n) is 4.70. The van der Waals surface area contributed by atoms with Crippen molar-refractivity contribution in [2.75, 3.05) is 7.11 Å². The molecule has 134 valence electrons. The van der Waals surface area contributed by atoms with Crippen molar-refractivity contribution >= 4 is 5.91 Å². The molecule has 2 heterocycles. The Kier molecular flexibility index (Phi) is 4.20. The predicted octanol–water partition coefficient (Wildman–Crippen LogP) is 2.70. The molecule has 7 heteroatoms. The van der Waals surface area contributed by atoms with Crippen LogP contribution in [-0.2, 0) is 7.05 Å². The van der Waals surface area contributed by atoms with E-state index in [4.69, 9.17) is 4.74 Å². The summed E-state index contributed by atoms with van der Waals surface area (Å²) in [6.45, 7) is 0. The second-order valence-corrected chi connectivity index (χ2v) is 6.58. The number of benzene rings is 1. The predicted molar refractivity (Wildman–Crippen MR) is 96.7 cm³/mol. The second-order valence-electron chi connectivity index (χ2n) is 6.58. The summed E-state index contributed by atoms with van der Waals surface area (Å²) >= 11 is 0. The molecule has 3 aromatic rings. The molecule has 1 amide bonds. The van der Waals surface area contributed by atoms with Gasteiger partial charge in [-0.15, -0.1) is 0 Å². The van der Waals surface area contributed by atoms with Crippen LogP contribution in [0.4, 0.5) is 0 Å². The van der Waals surface area contributed by atoms with E-state index in [2.05, 4.69) is 20.5 Å². The highest BCUT2D eigenvalue weighted by Gasteiger charge is 2.36. The van der Waals surface area contributed by atoms with Crippen LogP contribution in [0.25, 0.3) is 11.3 Å². The molecule has 26 heavy (non-hydrogen) atoms. The first-order valence-electron chi connectivity index (χ1n) is 8.63. The number of nitrogens with zero attached hydrogens (tertiary/aromatic N) is 3. The van der Waals surface area contributed by atoms with Gasteiger partial charge in [0, 0.05) is 25.0 Å². The summed E-state index contributed by atoms with van der Waals surface area (Å²) in [5, 5.41) is 10.2. The molecule has 7 nitrogen and oxygen atoms in total. The van der Waals surface area contributed by atoms with Crippen molar-refractivity contribution in [1.29, 1.82) is 0 Å². The summed E-state index contributed by atoms with van der Waals surface area (Å²) in [4.78, 5) is 17.1. The number of ether oxygens (including phenoxy) is 1. The van der Waals surface area contributed by atoms with Crippen molar-refractivity contribution in [3.63, 3.8) is 0 Å². The first kappa shape index (κ1) is 16.4. The highest BCUT2D eigenvalue weighted by atomic mass is 16.5. The van der Waals surface area contributed by atoms with Crippen LogP contribution in [0.15, 0.2) is 42.7 Å². The number of nitrogens with one attached hydrogen (secondary N) is 2.